The molecule has 5 rings (SSSR count). The molecule has 0 spiro atoms. The second kappa shape index (κ2) is 12.1. The molecule has 0 aromatic carbocycles. The Hall–Kier alpha value is -0.950. The van der Waals surface area contributed by atoms with Gasteiger partial charge in [-0.25, -0.2) is 0 Å². The molecule has 1 aliphatic heterocycles. The smallest absolute Gasteiger partial charge is 0.302 e. The Morgan fingerprint density at radius 2 is 1.67 bits per heavy atom. The van der Waals surface area contributed by atoms with Crippen LogP contribution in [-0.2, 0) is 9.53 Å². The quantitative estimate of drug-likeness (QED) is 0.150. The molecule has 0 bridgehead atoms. The lowest BCUT2D eigenvalue weighted by Crippen LogP contribution is -2.66. The lowest BCUT2D eigenvalue weighted by atomic mass is 9.33. The molecule has 42 heavy (non-hydrogen) atoms. The monoisotopic (exact) mass is 585 g/mol. The number of ether oxygens (including phenoxy) is 1. The zero-order valence-electron chi connectivity index (χ0n) is 28.0. The van der Waals surface area contributed by atoms with Crippen molar-refractivity contribution in [2.75, 3.05) is 45.9 Å². The summed E-state index contributed by atoms with van der Waals surface area (Å²) in [5.74, 6) is 3.10. The van der Waals surface area contributed by atoms with Crippen molar-refractivity contribution in [2.45, 2.75) is 111 Å². The van der Waals surface area contributed by atoms with Gasteiger partial charge >= 0.3 is 5.97 Å². The Kier molecular flexibility index (Phi) is 9.35. The molecule has 6 nitrogen and oxygen atoms in total. The van der Waals surface area contributed by atoms with E-state index in [1.807, 2.05) is 0 Å². The number of esters is 1. The molecule has 1 saturated heterocycles. The molecule has 4 saturated carbocycles. The van der Waals surface area contributed by atoms with E-state index in [1.165, 1.54) is 69.8 Å². The molecule has 0 amide bonds. The van der Waals surface area contributed by atoms with E-state index in [9.17, 15) is 4.79 Å². The minimum Gasteiger partial charge on any atom is -0.465 e. The molecule has 0 aromatic heterocycles. The van der Waals surface area contributed by atoms with Crippen LogP contribution >= 0.6 is 0 Å². The summed E-state index contributed by atoms with van der Waals surface area (Å²) in [6.07, 6.45) is 12.8. The summed E-state index contributed by atoms with van der Waals surface area (Å²) in [6.45, 7) is 25.4. The standard InChI is InChI=1S/C36H64N4O2/c1-25(23-39-22-21-38-20-18-37)27-11-15-36(24-42-26(2)41)17-16-34(6)28(31(27)36)9-10-30-33(5)13-8-19-40-32(3,4)29(33)12-14-35(30,34)7/h27-31,38-40H,1,8-24,37H2,2-7H3/t27-,28+,29-,30+,31+,33-,34+,35+,36+/m0/s1. The van der Waals surface area contributed by atoms with Gasteiger partial charge in [-0.1, -0.05) is 32.9 Å². The van der Waals surface area contributed by atoms with Crippen molar-refractivity contribution in [3.8, 4) is 0 Å². The van der Waals surface area contributed by atoms with Gasteiger partial charge in [0, 0.05) is 50.6 Å². The molecule has 1 heterocycles. The van der Waals surface area contributed by atoms with E-state index in [2.05, 4.69) is 50.6 Å². The molecule has 9 atom stereocenters. The van der Waals surface area contributed by atoms with Crippen molar-refractivity contribution >= 4 is 5.97 Å². The van der Waals surface area contributed by atoms with Crippen LogP contribution in [0.1, 0.15) is 106 Å². The van der Waals surface area contributed by atoms with Gasteiger partial charge in [0.2, 0.25) is 0 Å². The summed E-state index contributed by atoms with van der Waals surface area (Å²) < 4.78 is 5.91. The van der Waals surface area contributed by atoms with Crippen LogP contribution in [0.15, 0.2) is 12.2 Å². The number of nitrogens with two attached hydrogens (primary N) is 1. The fraction of sp³-hybridized carbons (Fsp3) is 0.917. The van der Waals surface area contributed by atoms with Crippen LogP contribution in [-0.4, -0.2) is 57.4 Å². The van der Waals surface area contributed by atoms with Crippen molar-refractivity contribution in [1.82, 2.24) is 16.0 Å². The largest absolute Gasteiger partial charge is 0.465 e. The number of carbonyl (C=O) groups is 1. The van der Waals surface area contributed by atoms with Crippen LogP contribution in [0.25, 0.3) is 0 Å². The maximum Gasteiger partial charge on any atom is 0.302 e. The van der Waals surface area contributed by atoms with Gasteiger partial charge in [0.25, 0.3) is 0 Å². The number of hydrogen-bond acceptors (Lipinski definition) is 6. The summed E-state index contributed by atoms with van der Waals surface area (Å²) in [7, 11) is 0. The summed E-state index contributed by atoms with van der Waals surface area (Å²) >= 11 is 0. The van der Waals surface area contributed by atoms with Crippen molar-refractivity contribution < 1.29 is 9.53 Å². The Balaban J connectivity index is 1.42. The Morgan fingerprint density at radius 1 is 0.905 bits per heavy atom. The first-order valence-electron chi connectivity index (χ1n) is 17.5. The van der Waals surface area contributed by atoms with Gasteiger partial charge < -0.3 is 26.4 Å². The lowest BCUT2D eigenvalue weighted by molar-refractivity contribution is -0.227. The van der Waals surface area contributed by atoms with Gasteiger partial charge in [0.15, 0.2) is 0 Å². The SMILES string of the molecule is C=C(CNCCNCCN)[C@@H]1CC[C@]2(COC(C)=O)CC[C@]3(C)[C@H](CC[C@@H]4[C@@]5(C)CCCNC(C)(C)[C@@H]5CC[C@]43C)[C@@H]12. The minimum atomic E-state index is -0.128. The third kappa shape index (κ3) is 5.32. The summed E-state index contributed by atoms with van der Waals surface area (Å²) in [6, 6.07) is 0. The molecule has 6 heteroatoms. The van der Waals surface area contributed by atoms with Crippen molar-refractivity contribution in [3.63, 3.8) is 0 Å². The van der Waals surface area contributed by atoms with Crippen molar-refractivity contribution in [3.05, 3.63) is 12.2 Å². The first-order valence-corrected chi connectivity index (χ1v) is 17.5. The second-order valence-electron chi connectivity index (χ2n) is 16.6. The Bertz CT molecular complexity index is 999. The number of hydrogen-bond donors (Lipinski definition) is 4. The van der Waals surface area contributed by atoms with Gasteiger partial charge in [-0.3, -0.25) is 4.79 Å². The molecule has 0 unspecified atom stereocenters. The highest BCUT2D eigenvalue weighted by Crippen LogP contribution is 2.76. The van der Waals surface area contributed by atoms with E-state index >= 15 is 0 Å². The van der Waals surface area contributed by atoms with Crippen LogP contribution in [0.2, 0.25) is 0 Å². The third-order valence-corrected chi connectivity index (χ3v) is 14.5. The minimum absolute atomic E-state index is 0.102. The molecule has 240 valence electrons. The number of carbonyl (C=O) groups excluding carboxylic acids is 1. The van der Waals surface area contributed by atoms with Gasteiger partial charge in [0.05, 0.1) is 6.61 Å². The van der Waals surface area contributed by atoms with Gasteiger partial charge in [-0.05, 0) is 130 Å². The zero-order valence-corrected chi connectivity index (χ0v) is 28.0. The van der Waals surface area contributed by atoms with E-state index in [0.717, 1.165) is 44.6 Å². The van der Waals surface area contributed by atoms with Crippen LogP contribution in [0, 0.1) is 51.2 Å². The molecule has 0 radical (unpaired) electrons. The number of rotatable bonds is 10. The predicted octanol–water partition coefficient (Wildman–Crippen LogP) is 5.67. The second-order valence-corrected chi connectivity index (χ2v) is 16.6. The van der Waals surface area contributed by atoms with Crippen LogP contribution in [0.4, 0.5) is 0 Å². The maximum absolute atomic E-state index is 12.1. The fourth-order valence-corrected chi connectivity index (χ4v) is 12.4. The number of fused-ring (bicyclic) bond motifs is 7. The fourth-order valence-electron chi connectivity index (χ4n) is 12.4. The van der Waals surface area contributed by atoms with Crippen molar-refractivity contribution in [1.29, 1.82) is 0 Å². The Labute approximate surface area is 257 Å². The normalized spacial score (nSPS) is 44.2. The molecular formula is C36H64N4O2. The average molecular weight is 585 g/mol. The predicted molar refractivity (Wildman–Crippen MR) is 173 cm³/mol. The summed E-state index contributed by atoms with van der Waals surface area (Å²) in [5, 5.41) is 11.0. The van der Waals surface area contributed by atoms with E-state index in [-0.39, 0.29) is 16.9 Å². The zero-order chi connectivity index (χ0) is 30.4. The van der Waals surface area contributed by atoms with Crippen LogP contribution in [0.3, 0.4) is 0 Å². The first kappa shape index (κ1) is 32.4. The van der Waals surface area contributed by atoms with E-state index < -0.39 is 0 Å². The highest BCUT2D eigenvalue weighted by Gasteiger charge is 2.70. The van der Waals surface area contributed by atoms with E-state index in [1.54, 1.807) is 6.92 Å². The molecule has 0 aromatic rings. The first-order chi connectivity index (χ1) is 19.8. The van der Waals surface area contributed by atoms with Crippen LogP contribution < -0.4 is 21.7 Å². The molecule has 5 aliphatic rings. The summed E-state index contributed by atoms with van der Waals surface area (Å²) in [4.78, 5) is 12.1. The topological polar surface area (TPSA) is 88.4 Å². The molecule has 4 aliphatic carbocycles. The maximum atomic E-state index is 12.1. The van der Waals surface area contributed by atoms with Gasteiger partial charge in [-0.2, -0.15) is 0 Å². The molecule has 5 N–H and O–H groups in total. The third-order valence-electron chi connectivity index (χ3n) is 14.5. The number of nitrogens with one attached hydrogen (secondary N) is 3. The highest BCUT2D eigenvalue weighted by atomic mass is 16.5. The molecular weight excluding hydrogens is 520 g/mol. The van der Waals surface area contributed by atoms with E-state index in [4.69, 9.17) is 17.0 Å². The van der Waals surface area contributed by atoms with E-state index in [0.29, 0.717) is 47.2 Å². The van der Waals surface area contributed by atoms with Crippen molar-refractivity contribution in [2.24, 2.45) is 57.0 Å². The lowest BCUT2D eigenvalue weighted by Gasteiger charge is -2.71. The highest BCUT2D eigenvalue weighted by molar-refractivity contribution is 5.65. The van der Waals surface area contributed by atoms with Gasteiger partial charge in [-0.15, -0.1) is 0 Å². The van der Waals surface area contributed by atoms with Gasteiger partial charge in [0.1, 0.15) is 0 Å². The average Bonchev–Trinajstić information content (AvgIpc) is 3.27. The summed E-state index contributed by atoms with van der Waals surface area (Å²) in [5.41, 5.74) is 8.35. The Morgan fingerprint density at radius 3 is 2.40 bits per heavy atom. The van der Waals surface area contributed by atoms with Crippen LogP contribution in [0.5, 0.6) is 0 Å². The molecule has 5 fully saturated rings.